The van der Waals surface area contributed by atoms with Crippen molar-refractivity contribution in [2.45, 2.75) is 91.6 Å². The van der Waals surface area contributed by atoms with Crippen LogP contribution in [0.1, 0.15) is 80.1 Å². The highest BCUT2D eigenvalue weighted by atomic mass is 15.2. The van der Waals surface area contributed by atoms with Gasteiger partial charge in [0.1, 0.15) is 0 Å². The molecule has 2 saturated carbocycles. The number of hydrogen-bond donors (Lipinski definition) is 0. The van der Waals surface area contributed by atoms with Crippen molar-refractivity contribution in [2.75, 3.05) is 26.2 Å². The maximum absolute atomic E-state index is 2.94. The van der Waals surface area contributed by atoms with Crippen molar-refractivity contribution in [3.63, 3.8) is 0 Å². The molecule has 0 spiro atoms. The molecule has 2 heteroatoms. The first-order valence-electron chi connectivity index (χ1n) is 11.6. The van der Waals surface area contributed by atoms with Crippen molar-refractivity contribution in [3.05, 3.63) is 0 Å². The zero-order valence-corrected chi connectivity index (χ0v) is 18.4. The van der Waals surface area contributed by atoms with Gasteiger partial charge in [-0.3, -0.25) is 4.90 Å². The van der Waals surface area contributed by atoms with Crippen LogP contribution in [-0.2, 0) is 0 Å². The van der Waals surface area contributed by atoms with E-state index in [0.29, 0.717) is 11.0 Å². The van der Waals surface area contributed by atoms with Crippen LogP contribution in [0.15, 0.2) is 0 Å². The van der Waals surface area contributed by atoms with Crippen LogP contribution in [0.25, 0.3) is 0 Å². The molecule has 4 aliphatic rings. The van der Waals surface area contributed by atoms with E-state index in [1.165, 1.54) is 64.7 Å². The molecular formula is C24H44N2. The number of hydrogen-bond acceptors (Lipinski definition) is 2. The smallest absolute Gasteiger partial charge is 0.0125 e. The van der Waals surface area contributed by atoms with Gasteiger partial charge in [-0.05, 0) is 101 Å². The highest BCUT2D eigenvalue weighted by molar-refractivity contribution is 5.00. The topological polar surface area (TPSA) is 6.48 Å². The Balaban J connectivity index is 1.28. The summed E-state index contributed by atoms with van der Waals surface area (Å²) in [6, 6.07) is 0.911. The molecule has 2 aliphatic carbocycles. The largest absolute Gasteiger partial charge is 0.300 e. The average Bonchev–Trinajstić information content (AvgIpc) is 3.02. The monoisotopic (exact) mass is 360 g/mol. The normalized spacial score (nSPS) is 42.7. The van der Waals surface area contributed by atoms with Crippen LogP contribution in [0.4, 0.5) is 0 Å². The van der Waals surface area contributed by atoms with Gasteiger partial charge in [0.25, 0.3) is 0 Å². The summed E-state index contributed by atoms with van der Waals surface area (Å²) >= 11 is 0. The average molecular weight is 361 g/mol. The van der Waals surface area contributed by atoms with E-state index in [2.05, 4.69) is 51.3 Å². The van der Waals surface area contributed by atoms with Gasteiger partial charge < -0.3 is 4.90 Å². The predicted molar refractivity (Wildman–Crippen MR) is 111 cm³/mol. The summed E-state index contributed by atoms with van der Waals surface area (Å²) in [6.07, 6.45) is 8.96. The van der Waals surface area contributed by atoms with Crippen molar-refractivity contribution in [1.29, 1.82) is 0 Å². The minimum absolute atomic E-state index is 0.365. The molecule has 0 aromatic carbocycles. The molecule has 2 saturated heterocycles. The third-order valence-electron chi connectivity index (χ3n) is 8.75. The van der Waals surface area contributed by atoms with Gasteiger partial charge in [-0.15, -0.1) is 0 Å². The van der Waals surface area contributed by atoms with Crippen molar-refractivity contribution >= 4 is 0 Å². The maximum Gasteiger partial charge on any atom is 0.0125 e. The molecule has 2 heterocycles. The standard InChI is InChI=1S/C24H44N2/c1-23(2,3)21-10-18(11-21)17-8-7-9-25(14-17)22-12-19-15-26(24(4,5)6)16-20(19)13-22/h17-22H,7-16H2,1-6H3. The molecule has 4 rings (SSSR count). The molecule has 0 bridgehead atoms. The van der Waals surface area contributed by atoms with Crippen LogP contribution < -0.4 is 0 Å². The summed E-state index contributed by atoms with van der Waals surface area (Å²) in [7, 11) is 0. The van der Waals surface area contributed by atoms with Crippen molar-refractivity contribution < 1.29 is 0 Å². The van der Waals surface area contributed by atoms with E-state index >= 15 is 0 Å². The fourth-order valence-electron chi connectivity index (χ4n) is 6.62. The van der Waals surface area contributed by atoms with Gasteiger partial charge >= 0.3 is 0 Å². The first kappa shape index (κ1) is 19.2. The van der Waals surface area contributed by atoms with Crippen LogP contribution in [-0.4, -0.2) is 47.6 Å². The molecule has 3 atom stereocenters. The number of piperidine rings is 1. The van der Waals surface area contributed by atoms with Crippen molar-refractivity contribution in [2.24, 2.45) is 35.0 Å². The quantitative estimate of drug-likeness (QED) is 0.661. The van der Waals surface area contributed by atoms with E-state index in [9.17, 15) is 0 Å². The second-order valence-electron chi connectivity index (χ2n) is 12.4. The Hall–Kier alpha value is -0.0800. The zero-order valence-electron chi connectivity index (χ0n) is 18.4. The summed E-state index contributed by atoms with van der Waals surface area (Å²) in [6.45, 7) is 20.0. The van der Waals surface area contributed by atoms with Gasteiger partial charge in [0.05, 0.1) is 0 Å². The highest BCUT2D eigenvalue weighted by Crippen LogP contribution is 2.50. The number of rotatable bonds is 2. The lowest BCUT2D eigenvalue weighted by Crippen LogP contribution is -2.48. The minimum atomic E-state index is 0.365. The lowest BCUT2D eigenvalue weighted by molar-refractivity contribution is 0.000809. The summed E-state index contributed by atoms with van der Waals surface area (Å²) in [5.74, 6) is 4.99. The molecular weight excluding hydrogens is 316 g/mol. The third-order valence-corrected chi connectivity index (χ3v) is 8.75. The van der Waals surface area contributed by atoms with Crippen LogP contribution >= 0.6 is 0 Å². The predicted octanol–water partition coefficient (Wildman–Crippen LogP) is 5.28. The molecule has 2 aliphatic heterocycles. The zero-order chi connectivity index (χ0) is 18.7. The lowest BCUT2D eigenvalue weighted by Gasteiger charge is -2.50. The van der Waals surface area contributed by atoms with Gasteiger partial charge in [-0.1, -0.05) is 20.8 Å². The SMILES string of the molecule is CC(C)(C)C1CC(C2CCCN(C3CC4CN(C(C)(C)C)CC4C3)C2)C1. The molecule has 0 aromatic rings. The number of likely N-dealkylation sites (tertiary alicyclic amines) is 2. The Morgan fingerprint density at radius 1 is 0.692 bits per heavy atom. The van der Waals surface area contributed by atoms with E-state index < -0.39 is 0 Å². The van der Waals surface area contributed by atoms with Gasteiger partial charge in [0, 0.05) is 31.2 Å². The van der Waals surface area contributed by atoms with Crippen molar-refractivity contribution in [3.8, 4) is 0 Å². The van der Waals surface area contributed by atoms with Gasteiger partial charge in [-0.25, -0.2) is 0 Å². The molecule has 0 aromatic heterocycles. The molecule has 0 amide bonds. The van der Waals surface area contributed by atoms with Crippen molar-refractivity contribution in [1.82, 2.24) is 9.80 Å². The Morgan fingerprint density at radius 3 is 1.85 bits per heavy atom. The molecule has 2 nitrogen and oxygen atoms in total. The Bertz CT molecular complexity index is 479. The number of nitrogens with zero attached hydrogens (tertiary/aromatic N) is 2. The number of fused-ring (bicyclic) bond motifs is 1. The summed E-state index contributed by atoms with van der Waals surface area (Å²) in [4.78, 5) is 5.69. The van der Waals surface area contributed by atoms with E-state index in [1.54, 1.807) is 0 Å². The van der Waals surface area contributed by atoms with E-state index in [-0.39, 0.29) is 0 Å². The molecule has 0 N–H and O–H groups in total. The van der Waals surface area contributed by atoms with Crippen LogP contribution in [0.5, 0.6) is 0 Å². The summed E-state index contributed by atoms with van der Waals surface area (Å²) < 4.78 is 0. The first-order chi connectivity index (χ1) is 12.1. The summed E-state index contributed by atoms with van der Waals surface area (Å²) in [5.41, 5.74) is 0.899. The van der Waals surface area contributed by atoms with E-state index in [0.717, 1.165) is 35.6 Å². The molecule has 0 radical (unpaired) electrons. The van der Waals surface area contributed by atoms with E-state index in [4.69, 9.17) is 0 Å². The molecule has 26 heavy (non-hydrogen) atoms. The van der Waals surface area contributed by atoms with Crippen LogP contribution in [0, 0.1) is 35.0 Å². The fourth-order valence-corrected chi connectivity index (χ4v) is 6.62. The first-order valence-corrected chi connectivity index (χ1v) is 11.6. The Kier molecular flexibility index (Phi) is 5.01. The second kappa shape index (κ2) is 6.76. The minimum Gasteiger partial charge on any atom is -0.300 e. The lowest BCUT2D eigenvalue weighted by atomic mass is 9.59. The molecule has 150 valence electrons. The Labute approximate surface area is 163 Å². The highest BCUT2D eigenvalue weighted by Gasteiger charge is 2.47. The third kappa shape index (κ3) is 3.75. The van der Waals surface area contributed by atoms with Gasteiger partial charge in [0.2, 0.25) is 0 Å². The summed E-state index contributed by atoms with van der Waals surface area (Å²) in [5, 5.41) is 0. The second-order valence-corrected chi connectivity index (χ2v) is 12.4. The molecule has 3 unspecified atom stereocenters. The van der Waals surface area contributed by atoms with Crippen LogP contribution in [0.2, 0.25) is 0 Å². The van der Waals surface area contributed by atoms with Gasteiger partial charge in [0.15, 0.2) is 0 Å². The van der Waals surface area contributed by atoms with E-state index in [1.807, 2.05) is 0 Å². The Morgan fingerprint density at radius 2 is 1.31 bits per heavy atom. The molecule has 4 fully saturated rings. The fraction of sp³-hybridized carbons (Fsp3) is 1.00. The van der Waals surface area contributed by atoms with Gasteiger partial charge in [-0.2, -0.15) is 0 Å². The van der Waals surface area contributed by atoms with Crippen LogP contribution in [0.3, 0.4) is 0 Å². The maximum atomic E-state index is 2.94.